The van der Waals surface area contributed by atoms with Gasteiger partial charge in [0.1, 0.15) is 0 Å². The lowest BCUT2D eigenvalue weighted by Crippen LogP contribution is -2.24. The van der Waals surface area contributed by atoms with Crippen molar-refractivity contribution in [1.82, 2.24) is 0 Å². The van der Waals surface area contributed by atoms with Gasteiger partial charge in [0.05, 0.1) is 22.8 Å². The van der Waals surface area contributed by atoms with Crippen molar-refractivity contribution in [2.75, 3.05) is 11.9 Å². The highest BCUT2D eigenvalue weighted by atomic mass is 35.5. The van der Waals surface area contributed by atoms with Gasteiger partial charge >= 0.3 is 6.18 Å². The van der Waals surface area contributed by atoms with Crippen molar-refractivity contribution in [2.24, 2.45) is 10.9 Å². The van der Waals surface area contributed by atoms with Crippen LogP contribution in [0.4, 0.5) is 18.9 Å². The second-order valence-electron chi connectivity index (χ2n) is 3.11. The minimum absolute atomic E-state index is 0.0921. The van der Waals surface area contributed by atoms with E-state index in [0.717, 1.165) is 6.07 Å². The topological polar surface area (TPSA) is 70.6 Å². The average molecular weight is 268 g/mol. The second kappa shape index (κ2) is 5.13. The van der Waals surface area contributed by atoms with Gasteiger partial charge in [0, 0.05) is 0 Å². The Morgan fingerprint density at radius 3 is 2.65 bits per heavy atom. The molecule has 0 saturated heterocycles. The van der Waals surface area contributed by atoms with Crippen molar-refractivity contribution in [1.29, 1.82) is 0 Å². The van der Waals surface area contributed by atoms with E-state index in [0.29, 0.717) is 0 Å². The van der Waals surface area contributed by atoms with Crippen molar-refractivity contribution >= 4 is 23.1 Å². The monoisotopic (exact) mass is 267 g/mol. The first-order valence-corrected chi connectivity index (χ1v) is 4.80. The van der Waals surface area contributed by atoms with E-state index in [4.69, 9.17) is 22.5 Å². The van der Waals surface area contributed by atoms with Crippen molar-refractivity contribution in [3.63, 3.8) is 0 Å². The number of rotatable bonds is 3. The van der Waals surface area contributed by atoms with E-state index < -0.39 is 11.7 Å². The minimum atomic E-state index is -4.53. The van der Waals surface area contributed by atoms with Crippen molar-refractivity contribution < 1.29 is 18.4 Å². The van der Waals surface area contributed by atoms with E-state index in [-0.39, 0.29) is 23.1 Å². The molecule has 4 N–H and O–H groups in total. The first-order valence-electron chi connectivity index (χ1n) is 4.42. The zero-order valence-electron chi connectivity index (χ0n) is 8.42. The summed E-state index contributed by atoms with van der Waals surface area (Å²) in [6.07, 6.45) is -4.53. The summed E-state index contributed by atoms with van der Waals surface area (Å²) in [6.45, 7) is -0.247. The number of nitrogens with two attached hydrogens (primary N) is 1. The molecule has 94 valence electrons. The van der Waals surface area contributed by atoms with Crippen LogP contribution in [-0.4, -0.2) is 17.6 Å². The summed E-state index contributed by atoms with van der Waals surface area (Å²) in [6, 6.07) is 3.39. The quantitative estimate of drug-likeness (QED) is 0.341. The predicted molar refractivity (Wildman–Crippen MR) is 58.4 cm³/mol. The van der Waals surface area contributed by atoms with E-state index in [1.807, 2.05) is 0 Å². The molecule has 17 heavy (non-hydrogen) atoms. The number of nitrogens with one attached hydrogen (secondary N) is 1. The third-order valence-electron chi connectivity index (χ3n) is 1.89. The Hall–Kier alpha value is -1.63. The van der Waals surface area contributed by atoms with Gasteiger partial charge in [-0.05, 0) is 12.1 Å². The Bertz CT molecular complexity index is 434. The predicted octanol–water partition coefficient (Wildman–Crippen LogP) is 2.52. The van der Waals surface area contributed by atoms with Gasteiger partial charge in [-0.3, -0.25) is 0 Å². The van der Waals surface area contributed by atoms with E-state index in [1.165, 1.54) is 12.1 Å². The molecule has 0 unspecified atom stereocenters. The lowest BCUT2D eigenvalue weighted by Gasteiger charge is -2.15. The normalized spacial score (nSPS) is 12.6. The van der Waals surface area contributed by atoms with Crippen molar-refractivity contribution in [3.8, 4) is 0 Å². The average Bonchev–Trinajstić information content (AvgIpc) is 2.25. The van der Waals surface area contributed by atoms with Gasteiger partial charge in [-0.25, -0.2) is 0 Å². The van der Waals surface area contributed by atoms with Crippen LogP contribution in [0.15, 0.2) is 23.4 Å². The van der Waals surface area contributed by atoms with Crippen LogP contribution in [0.3, 0.4) is 0 Å². The minimum Gasteiger partial charge on any atom is -0.409 e. The van der Waals surface area contributed by atoms with Gasteiger partial charge in [-0.2, -0.15) is 13.2 Å². The van der Waals surface area contributed by atoms with Crippen LogP contribution in [0.2, 0.25) is 5.02 Å². The molecular formula is C9H9ClF3N3O. The second-order valence-corrected chi connectivity index (χ2v) is 3.51. The molecule has 0 aromatic heterocycles. The number of amidine groups is 1. The third kappa shape index (κ3) is 3.42. The van der Waals surface area contributed by atoms with Crippen LogP contribution < -0.4 is 11.1 Å². The van der Waals surface area contributed by atoms with Crippen LogP contribution in [-0.2, 0) is 6.18 Å². The molecule has 0 amide bonds. The first-order chi connectivity index (χ1) is 7.86. The number of anilines is 1. The van der Waals surface area contributed by atoms with Gasteiger partial charge in [0.2, 0.25) is 0 Å². The Morgan fingerprint density at radius 1 is 1.47 bits per heavy atom. The molecule has 0 spiro atoms. The van der Waals surface area contributed by atoms with Crippen molar-refractivity contribution in [3.05, 3.63) is 28.8 Å². The number of alkyl halides is 3. The molecule has 1 rings (SSSR count). The Kier molecular flexibility index (Phi) is 4.06. The highest BCUT2D eigenvalue weighted by Crippen LogP contribution is 2.38. The highest BCUT2D eigenvalue weighted by molar-refractivity contribution is 6.33. The number of para-hydroxylation sites is 1. The molecule has 1 aromatic carbocycles. The van der Waals surface area contributed by atoms with Crippen LogP contribution in [0, 0.1) is 0 Å². The van der Waals surface area contributed by atoms with Gasteiger partial charge in [0.15, 0.2) is 5.84 Å². The fourth-order valence-corrected chi connectivity index (χ4v) is 1.40. The maximum atomic E-state index is 12.6. The fourth-order valence-electron chi connectivity index (χ4n) is 1.15. The standard InChI is InChI=1S/C9H9ClF3N3O/c10-6-3-1-2-5(9(11,12)13)8(6)15-4-7(14)16-17/h1-3,15,17H,4H2,(H2,14,16). The van der Waals surface area contributed by atoms with Crippen LogP contribution in [0.1, 0.15) is 5.56 Å². The maximum Gasteiger partial charge on any atom is 0.418 e. The van der Waals surface area contributed by atoms with E-state index >= 15 is 0 Å². The SMILES string of the molecule is NC(CNc1c(Cl)cccc1C(F)(F)F)=NO. The van der Waals surface area contributed by atoms with E-state index in [1.54, 1.807) is 0 Å². The number of hydrogen-bond donors (Lipinski definition) is 3. The molecule has 0 aliphatic carbocycles. The van der Waals surface area contributed by atoms with Gasteiger partial charge < -0.3 is 16.3 Å². The van der Waals surface area contributed by atoms with Crippen LogP contribution >= 0.6 is 11.6 Å². The lowest BCUT2D eigenvalue weighted by molar-refractivity contribution is -0.136. The zero-order valence-corrected chi connectivity index (χ0v) is 9.18. The maximum absolute atomic E-state index is 12.6. The summed E-state index contributed by atoms with van der Waals surface area (Å²) in [7, 11) is 0. The Morgan fingerprint density at radius 2 is 2.12 bits per heavy atom. The lowest BCUT2D eigenvalue weighted by atomic mass is 10.1. The number of benzene rings is 1. The first kappa shape index (κ1) is 13.4. The zero-order chi connectivity index (χ0) is 13.1. The van der Waals surface area contributed by atoms with Gasteiger partial charge in [0.25, 0.3) is 0 Å². The summed E-state index contributed by atoms with van der Waals surface area (Å²) in [5.41, 5.74) is 3.94. The Balaban J connectivity index is 3.05. The van der Waals surface area contributed by atoms with Gasteiger partial charge in [-0.1, -0.05) is 22.8 Å². The Labute approximate surface area is 99.9 Å². The summed E-state index contributed by atoms with van der Waals surface area (Å²) >= 11 is 5.66. The number of nitrogens with zero attached hydrogens (tertiary/aromatic N) is 1. The van der Waals surface area contributed by atoms with Crippen molar-refractivity contribution in [2.45, 2.75) is 6.18 Å². The highest BCUT2D eigenvalue weighted by Gasteiger charge is 2.34. The number of oxime groups is 1. The summed E-state index contributed by atoms with van der Waals surface area (Å²) in [5, 5.41) is 13.2. The molecule has 8 heteroatoms. The molecule has 1 aromatic rings. The summed E-state index contributed by atoms with van der Waals surface area (Å²) in [4.78, 5) is 0. The number of halogens is 4. The molecule has 0 radical (unpaired) electrons. The molecule has 0 atom stereocenters. The smallest absolute Gasteiger partial charge is 0.409 e. The molecule has 0 aliphatic rings. The van der Waals surface area contributed by atoms with Crippen LogP contribution in [0.25, 0.3) is 0 Å². The fraction of sp³-hybridized carbons (Fsp3) is 0.222. The van der Waals surface area contributed by atoms with E-state index in [2.05, 4.69) is 10.5 Å². The van der Waals surface area contributed by atoms with Gasteiger partial charge in [-0.15, -0.1) is 0 Å². The molecular weight excluding hydrogens is 259 g/mol. The van der Waals surface area contributed by atoms with E-state index in [9.17, 15) is 13.2 Å². The largest absolute Gasteiger partial charge is 0.418 e. The summed E-state index contributed by atoms with van der Waals surface area (Å²) < 4.78 is 37.9. The molecule has 0 saturated carbocycles. The molecule has 0 aliphatic heterocycles. The summed E-state index contributed by atoms with van der Waals surface area (Å²) in [5.74, 6) is -0.252. The molecule has 4 nitrogen and oxygen atoms in total. The third-order valence-corrected chi connectivity index (χ3v) is 2.21. The molecule has 0 fully saturated rings. The molecule has 0 bridgehead atoms. The van der Waals surface area contributed by atoms with Crippen LogP contribution in [0.5, 0.6) is 0 Å². The number of hydrogen-bond acceptors (Lipinski definition) is 3. The molecule has 0 heterocycles.